The van der Waals surface area contributed by atoms with Crippen LogP contribution in [0, 0.1) is 0 Å². The van der Waals surface area contributed by atoms with Gasteiger partial charge in [0.1, 0.15) is 0 Å². The minimum Gasteiger partial charge on any atom is -0.325 e. The summed E-state index contributed by atoms with van der Waals surface area (Å²) in [6.07, 6.45) is -0.298. The first-order valence-corrected chi connectivity index (χ1v) is 7.63. The smallest absolute Gasteiger partial charge is 0.325 e. The number of imide groups is 2. The standard InChI is InChI=1S/C16H12N2O8/c19-11-5-6-12(20)17(11)25-15(23)9-3-1-2-4-10(9)16(24)26-18-13(21)7-8-14(18)22/h1-4H,5-8H2. The Hall–Kier alpha value is -3.56. The number of rotatable bonds is 4. The number of hydroxylamine groups is 4. The van der Waals surface area contributed by atoms with Gasteiger partial charge in [-0.1, -0.05) is 12.1 Å². The Labute approximate surface area is 146 Å². The van der Waals surface area contributed by atoms with Gasteiger partial charge < -0.3 is 9.68 Å². The van der Waals surface area contributed by atoms with Crippen molar-refractivity contribution >= 4 is 35.6 Å². The van der Waals surface area contributed by atoms with Gasteiger partial charge in [0.05, 0.1) is 11.1 Å². The fourth-order valence-corrected chi connectivity index (χ4v) is 2.42. The van der Waals surface area contributed by atoms with Crippen LogP contribution in [0.25, 0.3) is 0 Å². The zero-order chi connectivity index (χ0) is 18.8. The van der Waals surface area contributed by atoms with Crippen LogP contribution in [0.5, 0.6) is 0 Å². The van der Waals surface area contributed by atoms with E-state index in [9.17, 15) is 28.8 Å². The van der Waals surface area contributed by atoms with Crippen molar-refractivity contribution in [3.8, 4) is 0 Å². The molecule has 0 bridgehead atoms. The van der Waals surface area contributed by atoms with Gasteiger partial charge in [-0.15, -0.1) is 10.1 Å². The monoisotopic (exact) mass is 360 g/mol. The number of carbonyl (C=O) groups excluding carboxylic acids is 6. The van der Waals surface area contributed by atoms with Crippen molar-refractivity contribution in [2.45, 2.75) is 25.7 Å². The summed E-state index contributed by atoms with van der Waals surface area (Å²) in [7, 11) is 0. The molecule has 2 heterocycles. The van der Waals surface area contributed by atoms with E-state index in [-0.39, 0.29) is 36.8 Å². The second kappa shape index (κ2) is 6.75. The van der Waals surface area contributed by atoms with Crippen LogP contribution in [-0.4, -0.2) is 45.7 Å². The maximum Gasteiger partial charge on any atom is 0.364 e. The molecule has 4 amide bonds. The number of hydrogen-bond acceptors (Lipinski definition) is 8. The molecule has 0 aromatic heterocycles. The maximum atomic E-state index is 12.3. The van der Waals surface area contributed by atoms with Crippen LogP contribution >= 0.6 is 0 Å². The van der Waals surface area contributed by atoms with Gasteiger partial charge in [0.15, 0.2) is 0 Å². The zero-order valence-corrected chi connectivity index (χ0v) is 13.3. The SMILES string of the molecule is O=C(ON1C(=O)CCC1=O)c1ccccc1C(=O)ON1C(=O)CCC1=O. The molecule has 2 aliphatic rings. The first-order valence-electron chi connectivity index (χ1n) is 7.63. The average molecular weight is 360 g/mol. The Kier molecular flexibility index (Phi) is 4.48. The molecule has 2 fully saturated rings. The molecular weight excluding hydrogens is 348 g/mol. The molecule has 26 heavy (non-hydrogen) atoms. The van der Waals surface area contributed by atoms with E-state index >= 15 is 0 Å². The Bertz CT molecular complexity index is 745. The van der Waals surface area contributed by atoms with Gasteiger partial charge in [0, 0.05) is 25.7 Å². The number of nitrogens with zero attached hydrogens (tertiary/aromatic N) is 2. The van der Waals surface area contributed by atoms with Crippen LogP contribution in [-0.2, 0) is 28.9 Å². The highest BCUT2D eigenvalue weighted by molar-refractivity contribution is 6.07. The van der Waals surface area contributed by atoms with Gasteiger partial charge in [-0.3, -0.25) is 19.2 Å². The molecule has 0 aliphatic carbocycles. The topological polar surface area (TPSA) is 127 Å². The van der Waals surface area contributed by atoms with E-state index in [0.29, 0.717) is 10.1 Å². The summed E-state index contributed by atoms with van der Waals surface area (Å²) < 4.78 is 0. The summed E-state index contributed by atoms with van der Waals surface area (Å²) in [5.41, 5.74) is -0.576. The minimum atomic E-state index is -1.12. The van der Waals surface area contributed by atoms with Crippen LogP contribution in [0.4, 0.5) is 0 Å². The maximum absolute atomic E-state index is 12.3. The molecule has 2 saturated heterocycles. The van der Waals surface area contributed by atoms with E-state index in [2.05, 4.69) is 0 Å². The summed E-state index contributed by atoms with van der Waals surface area (Å²) in [5.74, 6) is -4.93. The Balaban J connectivity index is 1.79. The molecule has 0 spiro atoms. The van der Waals surface area contributed by atoms with E-state index in [1.807, 2.05) is 0 Å². The largest absolute Gasteiger partial charge is 0.364 e. The van der Waals surface area contributed by atoms with Crippen molar-refractivity contribution in [1.29, 1.82) is 0 Å². The molecule has 10 heteroatoms. The fraction of sp³-hybridized carbons (Fsp3) is 0.250. The first-order chi connectivity index (χ1) is 12.4. The second-order valence-electron chi connectivity index (χ2n) is 5.47. The van der Waals surface area contributed by atoms with Crippen molar-refractivity contribution in [1.82, 2.24) is 10.1 Å². The van der Waals surface area contributed by atoms with E-state index in [4.69, 9.17) is 9.68 Å². The number of hydrogen-bond donors (Lipinski definition) is 0. The summed E-state index contributed by atoms with van der Waals surface area (Å²) in [6.45, 7) is 0. The van der Waals surface area contributed by atoms with E-state index in [1.165, 1.54) is 24.3 Å². The lowest BCUT2D eigenvalue weighted by molar-refractivity contribution is -0.174. The van der Waals surface area contributed by atoms with Gasteiger partial charge in [-0.2, -0.15) is 0 Å². The highest BCUT2D eigenvalue weighted by atomic mass is 16.7. The lowest BCUT2D eigenvalue weighted by Gasteiger charge is -2.15. The highest BCUT2D eigenvalue weighted by Gasteiger charge is 2.36. The molecule has 0 saturated carbocycles. The molecule has 3 rings (SSSR count). The molecule has 0 atom stereocenters. The molecule has 10 nitrogen and oxygen atoms in total. The number of carbonyl (C=O) groups is 6. The van der Waals surface area contributed by atoms with E-state index < -0.39 is 35.6 Å². The third-order valence-corrected chi connectivity index (χ3v) is 3.73. The molecular formula is C16H12N2O8. The van der Waals surface area contributed by atoms with E-state index in [0.717, 1.165) is 0 Å². The van der Waals surface area contributed by atoms with Gasteiger partial charge >= 0.3 is 11.9 Å². The Morgan fingerprint density at radius 1 is 0.654 bits per heavy atom. The van der Waals surface area contributed by atoms with Crippen LogP contribution in [0.1, 0.15) is 46.4 Å². The molecule has 134 valence electrons. The highest BCUT2D eigenvalue weighted by Crippen LogP contribution is 2.19. The first kappa shape index (κ1) is 17.3. The van der Waals surface area contributed by atoms with Crippen LogP contribution < -0.4 is 0 Å². The zero-order valence-electron chi connectivity index (χ0n) is 13.3. The summed E-state index contributed by atoms with van der Waals surface area (Å²) in [5, 5.41) is 0.690. The Morgan fingerprint density at radius 3 is 1.27 bits per heavy atom. The minimum absolute atomic E-state index is 0.0744. The van der Waals surface area contributed by atoms with Crippen LogP contribution in [0.2, 0.25) is 0 Å². The lowest BCUT2D eigenvalue weighted by atomic mass is 10.1. The quantitative estimate of drug-likeness (QED) is 0.693. The molecule has 0 unspecified atom stereocenters. The van der Waals surface area contributed by atoms with Crippen molar-refractivity contribution in [3.63, 3.8) is 0 Å². The molecule has 0 N–H and O–H groups in total. The molecule has 2 aliphatic heterocycles. The summed E-state index contributed by atoms with van der Waals surface area (Å²) in [6, 6.07) is 5.29. The van der Waals surface area contributed by atoms with Crippen molar-refractivity contribution < 1.29 is 38.4 Å². The normalized spacial score (nSPS) is 17.1. The predicted molar refractivity (Wildman–Crippen MR) is 79.4 cm³/mol. The summed E-state index contributed by atoms with van der Waals surface area (Å²) >= 11 is 0. The van der Waals surface area contributed by atoms with Gasteiger partial charge in [0.25, 0.3) is 23.6 Å². The second-order valence-corrected chi connectivity index (χ2v) is 5.47. The third kappa shape index (κ3) is 3.16. The van der Waals surface area contributed by atoms with Gasteiger partial charge in [-0.25, -0.2) is 9.59 Å². The third-order valence-electron chi connectivity index (χ3n) is 3.73. The van der Waals surface area contributed by atoms with Crippen molar-refractivity contribution in [2.24, 2.45) is 0 Å². The van der Waals surface area contributed by atoms with E-state index in [1.54, 1.807) is 0 Å². The average Bonchev–Trinajstić information content (AvgIpc) is 3.11. The van der Waals surface area contributed by atoms with Crippen LogP contribution in [0.15, 0.2) is 24.3 Å². The molecule has 1 aromatic rings. The number of benzene rings is 1. The molecule has 0 radical (unpaired) electrons. The number of amides is 4. The van der Waals surface area contributed by atoms with Crippen molar-refractivity contribution in [3.05, 3.63) is 35.4 Å². The van der Waals surface area contributed by atoms with Crippen LogP contribution in [0.3, 0.4) is 0 Å². The lowest BCUT2D eigenvalue weighted by Crippen LogP contribution is -2.34. The van der Waals surface area contributed by atoms with Gasteiger partial charge in [-0.05, 0) is 12.1 Å². The van der Waals surface area contributed by atoms with Gasteiger partial charge in [0.2, 0.25) is 0 Å². The Morgan fingerprint density at radius 2 is 0.962 bits per heavy atom. The van der Waals surface area contributed by atoms with Crippen molar-refractivity contribution in [2.75, 3.05) is 0 Å². The summed E-state index contributed by atoms with van der Waals surface area (Å²) in [4.78, 5) is 80.2. The molecule has 1 aromatic carbocycles. The predicted octanol–water partition coefficient (Wildman–Crippen LogP) is 0.128. The fourth-order valence-electron chi connectivity index (χ4n) is 2.42.